The number of rotatable bonds is 8. The second-order valence-corrected chi connectivity index (χ2v) is 9.53. The number of carbonyl (C=O) groups is 1. The summed E-state index contributed by atoms with van der Waals surface area (Å²) in [5.74, 6) is 2.23. The van der Waals surface area contributed by atoms with E-state index < -0.39 is 0 Å². The molecule has 1 N–H and O–H groups in total. The van der Waals surface area contributed by atoms with E-state index in [-0.39, 0.29) is 18.0 Å². The van der Waals surface area contributed by atoms with Crippen LogP contribution in [0.15, 0.2) is 39.0 Å². The first-order valence-corrected chi connectivity index (χ1v) is 10.6. The minimum absolute atomic E-state index is 0.0426. The zero-order valence-corrected chi connectivity index (χ0v) is 16.9. The topological polar surface area (TPSA) is 73.3 Å². The molecular weight excluding hydrogens is 390 g/mol. The van der Waals surface area contributed by atoms with Crippen LogP contribution in [0.4, 0.5) is 0 Å². The minimum atomic E-state index is -0.254. The van der Waals surface area contributed by atoms with Gasteiger partial charge in [-0.3, -0.25) is 4.79 Å². The van der Waals surface area contributed by atoms with E-state index >= 15 is 0 Å². The highest BCUT2D eigenvalue weighted by atomic mass is 32.2. The number of aromatic nitrogens is 2. The third-order valence-corrected chi connectivity index (χ3v) is 6.85. The number of nitrogens with zero attached hydrogens (tertiary/aromatic N) is 2. The number of amides is 1. The summed E-state index contributed by atoms with van der Waals surface area (Å²) in [6.45, 7) is 8.41. The molecule has 9 heteroatoms. The smallest absolute Gasteiger partial charge is 0.233 e. The van der Waals surface area contributed by atoms with Crippen LogP contribution >= 0.6 is 34.9 Å². The molecule has 2 aromatic rings. The van der Waals surface area contributed by atoms with Crippen molar-refractivity contribution in [3.8, 4) is 11.5 Å². The summed E-state index contributed by atoms with van der Waals surface area (Å²) in [5, 5.41) is 11.0. The number of ether oxygens (including phenoxy) is 2. The van der Waals surface area contributed by atoms with E-state index in [4.69, 9.17) is 9.47 Å². The van der Waals surface area contributed by atoms with Crippen LogP contribution in [0.5, 0.6) is 11.5 Å². The van der Waals surface area contributed by atoms with Gasteiger partial charge in [-0.05, 0) is 31.5 Å². The van der Waals surface area contributed by atoms with Crippen LogP contribution in [0.3, 0.4) is 0 Å². The van der Waals surface area contributed by atoms with Crippen molar-refractivity contribution in [1.29, 1.82) is 0 Å². The highest BCUT2D eigenvalue weighted by Crippen LogP contribution is 2.33. The quantitative estimate of drug-likeness (QED) is 0.526. The van der Waals surface area contributed by atoms with Gasteiger partial charge in [-0.1, -0.05) is 53.1 Å². The third kappa shape index (κ3) is 5.15. The van der Waals surface area contributed by atoms with Crippen molar-refractivity contribution in [1.82, 2.24) is 15.5 Å². The first kappa shape index (κ1) is 19.1. The van der Waals surface area contributed by atoms with Crippen LogP contribution in [0.2, 0.25) is 0 Å². The van der Waals surface area contributed by atoms with Crippen LogP contribution in [-0.4, -0.2) is 33.9 Å². The number of carbonyl (C=O) groups excluding carboxylic acids is 1. The molecule has 1 aromatic heterocycles. The van der Waals surface area contributed by atoms with Gasteiger partial charge in [-0.2, -0.15) is 0 Å². The summed E-state index contributed by atoms with van der Waals surface area (Å²) < 4.78 is 12.3. The lowest BCUT2D eigenvalue weighted by atomic mass is 10.2. The molecule has 0 radical (unpaired) electrons. The van der Waals surface area contributed by atoms with Gasteiger partial charge in [0.1, 0.15) is 0 Å². The highest BCUT2D eigenvalue weighted by molar-refractivity contribution is 8.04. The molecular formula is C17H19N3O3S3. The van der Waals surface area contributed by atoms with E-state index in [0.29, 0.717) is 12.3 Å². The van der Waals surface area contributed by atoms with Crippen molar-refractivity contribution < 1.29 is 14.3 Å². The molecule has 26 heavy (non-hydrogen) atoms. The molecule has 138 valence electrons. The van der Waals surface area contributed by atoms with Gasteiger partial charge in [-0.25, -0.2) is 0 Å². The van der Waals surface area contributed by atoms with E-state index in [1.54, 1.807) is 11.8 Å². The molecule has 1 aromatic carbocycles. The van der Waals surface area contributed by atoms with Crippen molar-refractivity contribution in [2.45, 2.75) is 34.3 Å². The van der Waals surface area contributed by atoms with Crippen molar-refractivity contribution in [2.24, 2.45) is 0 Å². The largest absolute Gasteiger partial charge is 0.454 e. The van der Waals surface area contributed by atoms with E-state index in [1.807, 2.05) is 32.0 Å². The summed E-state index contributed by atoms with van der Waals surface area (Å²) in [4.78, 5) is 12.3. The van der Waals surface area contributed by atoms with Gasteiger partial charge in [-0.15, -0.1) is 10.2 Å². The average molecular weight is 410 g/mol. The Labute approximate surface area is 164 Å². The fourth-order valence-electron chi connectivity index (χ4n) is 2.08. The SMILES string of the molecule is C=C(C)CSc1nnc(S[C@H](C)C(=O)NCc2ccc3c(c2)OCO3)s1. The molecule has 2 heterocycles. The van der Waals surface area contributed by atoms with Gasteiger partial charge < -0.3 is 14.8 Å². The highest BCUT2D eigenvalue weighted by Gasteiger charge is 2.18. The fourth-order valence-corrected chi connectivity index (χ4v) is 5.11. The Morgan fingerprint density at radius 2 is 2.12 bits per heavy atom. The molecule has 0 spiro atoms. The lowest BCUT2D eigenvalue weighted by Gasteiger charge is -2.10. The first-order chi connectivity index (χ1) is 12.5. The second-order valence-electron chi connectivity index (χ2n) is 5.75. The lowest BCUT2D eigenvalue weighted by Crippen LogP contribution is -2.30. The maximum atomic E-state index is 12.3. The minimum Gasteiger partial charge on any atom is -0.454 e. The van der Waals surface area contributed by atoms with E-state index in [9.17, 15) is 4.79 Å². The average Bonchev–Trinajstić information content (AvgIpc) is 3.26. The predicted octanol–water partition coefficient (Wildman–Crippen LogP) is 3.73. The van der Waals surface area contributed by atoms with Gasteiger partial charge in [0.25, 0.3) is 0 Å². The predicted molar refractivity (Wildman–Crippen MR) is 105 cm³/mol. The molecule has 1 aliphatic rings. The molecule has 6 nitrogen and oxygen atoms in total. The second kappa shape index (κ2) is 8.79. The van der Waals surface area contributed by atoms with Gasteiger partial charge in [0.2, 0.25) is 12.7 Å². The Balaban J connectivity index is 1.48. The number of thioether (sulfide) groups is 2. The zero-order chi connectivity index (χ0) is 18.5. The van der Waals surface area contributed by atoms with Gasteiger partial charge in [0.05, 0.1) is 5.25 Å². The summed E-state index contributed by atoms with van der Waals surface area (Å²) in [6, 6.07) is 5.66. The molecule has 0 saturated heterocycles. The van der Waals surface area contributed by atoms with Crippen LogP contribution in [0.25, 0.3) is 0 Å². The van der Waals surface area contributed by atoms with Crippen LogP contribution in [-0.2, 0) is 11.3 Å². The molecule has 0 aliphatic carbocycles. The van der Waals surface area contributed by atoms with Crippen molar-refractivity contribution >= 4 is 40.8 Å². The number of fused-ring (bicyclic) bond motifs is 1. The number of hydrogen-bond donors (Lipinski definition) is 1. The Morgan fingerprint density at radius 3 is 2.92 bits per heavy atom. The molecule has 0 fully saturated rings. The van der Waals surface area contributed by atoms with Gasteiger partial charge in [0.15, 0.2) is 20.2 Å². The van der Waals surface area contributed by atoms with Crippen molar-refractivity contribution in [3.63, 3.8) is 0 Å². The monoisotopic (exact) mass is 409 g/mol. The van der Waals surface area contributed by atoms with E-state index in [1.165, 1.54) is 23.1 Å². The van der Waals surface area contributed by atoms with Crippen LogP contribution in [0, 0.1) is 0 Å². The Morgan fingerprint density at radius 1 is 1.35 bits per heavy atom. The first-order valence-electron chi connectivity index (χ1n) is 7.95. The summed E-state index contributed by atoms with van der Waals surface area (Å²) in [6.07, 6.45) is 0. The Kier molecular flexibility index (Phi) is 6.44. The molecule has 0 saturated carbocycles. The third-order valence-electron chi connectivity index (χ3n) is 3.38. The normalized spacial score (nSPS) is 13.5. The lowest BCUT2D eigenvalue weighted by molar-refractivity contribution is -0.120. The summed E-state index contributed by atoms with van der Waals surface area (Å²) >= 11 is 4.53. The van der Waals surface area contributed by atoms with Crippen LogP contribution < -0.4 is 14.8 Å². The number of nitrogens with one attached hydrogen (secondary N) is 1. The molecule has 1 atom stereocenters. The van der Waals surface area contributed by atoms with Crippen molar-refractivity contribution in [2.75, 3.05) is 12.5 Å². The number of hydrogen-bond acceptors (Lipinski definition) is 8. The molecule has 3 rings (SSSR count). The van der Waals surface area contributed by atoms with E-state index in [0.717, 1.165) is 31.3 Å². The van der Waals surface area contributed by atoms with Crippen molar-refractivity contribution in [3.05, 3.63) is 35.9 Å². The molecule has 1 aliphatic heterocycles. The summed E-state index contributed by atoms with van der Waals surface area (Å²) in [7, 11) is 0. The Hall–Kier alpha value is -1.71. The van der Waals surface area contributed by atoms with Crippen LogP contribution in [0.1, 0.15) is 19.4 Å². The van der Waals surface area contributed by atoms with Gasteiger partial charge >= 0.3 is 0 Å². The maximum Gasteiger partial charge on any atom is 0.233 e. The standard InChI is InChI=1S/C17H19N3O3S3/c1-10(2)8-24-16-19-20-17(26-16)25-11(3)15(21)18-7-12-4-5-13-14(6-12)23-9-22-13/h4-6,11H,1,7-9H2,2-3H3,(H,18,21)/t11-/m1/s1. The van der Waals surface area contributed by atoms with Gasteiger partial charge in [0, 0.05) is 12.3 Å². The maximum absolute atomic E-state index is 12.3. The molecule has 1 amide bonds. The molecule has 0 unspecified atom stereocenters. The summed E-state index contributed by atoms with van der Waals surface area (Å²) in [5.41, 5.74) is 2.06. The number of benzene rings is 1. The Bertz CT molecular complexity index is 810. The van der Waals surface area contributed by atoms with E-state index in [2.05, 4.69) is 22.1 Å². The molecule has 0 bridgehead atoms. The fraction of sp³-hybridized carbons (Fsp3) is 0.353. The zero-order valence-electron chi connectivity index (χ0n) is 14.5.